The summed E-state index contributed by atoms with van der Waals surface area (Å²) in [5.41, 5.74) is 3.37. The fraction of sp³-hybridized carbons (Fsp3) is 0.400. The Morgan fingerprint density at radius 3 is 2.06 bits per heavy atom. The molecule has 16 heavy (non-hydrogen) atoms. The summed E-state index contributed by atoms with van der Waals surface area (Å²) in [6.45, 7) is 1.11. The molecule has 0 aliphatic heterocycles. The van der Waals surface area contributed by atoms with Crippen molar-refractivity contribution >= 4 is 0 Å². The third kappa shape index (κ3) is 2.52. The lowest BCUT2D eigenvalue weighted by Gasteiger charge is -2.24. The van der Waals surface area contributed by atoms with E-state index in [1.807, 2.05) is 0 Å². The monoisotopic (exact) mass is 233 g/mol. The van der Waals surface area contributed by atoms with Gasteiger partial charge in [0.25, 0.3) is 6.43 Å². The van der Waals surface area contributed by atoms with E-state index < -0.39 is 29.9 Å². The van der Waals surface area contributed by atoms with Gasteiger partial charge in [-0.15, -0.1) is 0 Å². The Balaban J connectivity index is 3.07. The molecule has 0 amide bonds. The predicted molar refractivity (Wildman–Crippen MR) is 53.7 cm³/mol. The molecule has 0 radical (unpaired) electrons. The molecule has 0 aromatic heterocycles. The Hall–Kier alpha value is -1.56. The van der Waals surface area contributed by atoms with E-state index >= 15 is 0 Å². The molecule has 0 saturated carbocycles. The smallest absolute Gasteiger partial charge is 0.256 e. The number of hydrogen-bond acceptors (Lipinski definition) is 4. The number of rotatable bonds is 3. The standard InChI is InChI=1S/C10H13F2NO3/c1-10(13,9(11)12)4-6-7(15)2-5(14)3-8(6)16/h2-3,9,14-16H,4,13H2,1H3. The molecule has 1 aromatic carbocycles. The zero-order valence-electron chi connectivity index (χ0n) is 8.61. The van der Waals surface area contributed by atoms with Gasteiger partial charge in [0, 0.05) is 24.1 Å². The summed E-state index contributed by atoms with van der Waals surface area (Å²) in [4.78, 5) is 0. The average Bonchev–Trinajstić information content (AvgIpc) is 2.11. The highest BCUT2D eigenvalue weighted by Gasteiger charge is 2.32. The van der Waals surface area contributed by atoms with Gasteiger partial charge in [0.2, 0.25) is 0 Å². The Morgan fingerprint density at radius 1 is 1.25 bits per heavy atom. The highest BCUT2D eigenvalue weighted by atomic mass is 19.3. The van der Waals surface area contributed by atoms with Crippen LogP contribution in [-0.2, 0) is 6.42 Å². The van der Waals surface area contributed by atoms with E-state index in [9.17, 15) is 19.0 Å². The second kappa shape index (κ2) is 4.13. The van der Waals surface area contributed by atoms with Crippen molar-refractivity contribution in [2.45, 2.75) is 25.3 Å². The summed E-state index contributed by atoms with van der Waals surface area (Å²) in [5, 5.41) is 27.8. The van der Waals surface area contributed by atoms with E-state index in [4.69, 9.17) is 10.8 Å². The van der Waals surface area contributed by atoms with E-state index in [0.717, 1.165) is 19.1 Å². The van der Waals surface area contributed by atoms with Crippen LogP contribution in [0.4, 0.5) is 8.78 Å². The summed E-state index contributed by atoms with van der Waals surface area (Å²) in [6, 6.07) is 1.91. The fourth-order valence-corrected chi connectivity index (χ4v) is 1.27. The largest absolute Gasteiger partial charge is 0.508 e. The van der Waals surface area contributed by atoms with Crippen LogP contribution in [0.3, 0.4) is 0 Å². The molecule has 5 N–H and O–H groups in total. The van der Waals surface area contributed by atoms with Gasteiger partial charge in [-0.25, -0.2) is 8.78 Å². The van der Waals surface area contributed by atoms with Crippen molar-refractivity contribution in [2.75, 3.05) is 0 Å². The van der Waals surface area contributed by atoms with Crippen molar-refractivity contribution in [3.8, 4) is 17.2 Å². The summed E-state index contributed by atoms with van der Waals surface area (Å²) in [7, 11) is 0. The molecule has 0 spiro atoms. The lowest BCUT2D eigenvalue weighted by atomic mass is 9.93. The molecule has 4 nitrogen and oxygen atoms in total. The van der Waals surface area contributed by atoms with Gasteiger partial charge in [-0.1, -0.05) is 0 Å². The van der Waals surface area contributed by atoms with E-state index in [2.05, 4.69) is 0 Å². The molecule has 0 fully saturated rings. The normalized spacial score (nSPS) is 15.1. The number of alkyl halides is 2. The minimum absolute atomic E-state index is 0.108. The van der Waals surface area contributed by atoms with Crippen molar-refractivity contribution in [1.82, 2.24) is 0 Å². The molecule has 0 aliphatic carbocycles. The summed E-state index contributed by atoms with van der Waals surface area (Å²) >= 11 is 0. The van der Waals surface area contributed by atoms with Gasteiger partial charge in [0.15, 0.2) is 0 Å². The first-order chi connectivity index (χ1) is 7.24. The lowest BCUT2D eigenvalue weighted by Crippen LogP contribution is -2.45. The average molecular weight is 233 g/mol. The second-order valence-electron chi connectivity index (χ2n) is 3.95. The highest BCUT2D eigenvalue weighted by Crippen LogP contribution is 2.35. The molecule has 0 saturated heterocycles. The third-order valence-electron chi connectivity index (χ3n) is 2.24. The minimum Gasteiger partial charge on any atom is -0.508 e. The topological polar surface area (TPSA) is 86.7 Å². The van der Waals surface area contributed by atoms with E-state index in [1.54, 1.807) is 0 Å². The molecular weight excluding hydrogens is 220 g/mol. The molecule has 1 atom stereocenters. The van der Waals surface area contributed by atoms with E-state index in [0.29, 0.717) is 0 Å². The van der Waals surface area contributed by atoms with Gasteiger partial charge >= 0.3 is 0 Å². The Morgan fingerprint density at radius 2 is 1.69 bits per heavy atom. The zero-order valence-corrected chi connectivity index (χ0v) is 8.61. The van der Waals surface area contributed by atoms with Crippen LogP contribution in [-0.4, -0.2) is 27.3 Å². The molecule has 6 heteroatoms. The maximum Gasteiger partial charge on any atom is 0.256 e. The van der Waals surface area contributed by atoms with Crippen LogP contribution in [0.2, 0.25) is 0 Å². The Kier molecular flexibility index (Phi) is 3.23. The fourth-order valence-electron chi connectivity index (χ4n) is 1.27. The summed E-state index contributed by atoms with van der Waals surface area (Å²) in [5.74, 6) is -1.28. The Labute approximate surface area is 90.9 Å². The van der Waals surface area contributed by atoms with Crippen LogP contribution < -0.4 is 5.73 Å². The molecule has 0 bridgehead atoms. The predicted octanol–water partition coefficient (Wildman–Crippen LogP) is 1.33. The quantitative estimate of drug-likeness (QED) is 0.634. The van der Waals surface area contributed by atoms with Crippen LogP contribution in [0.15, 0.2) is 12.1 Å². The van der Waals surface area contributed by atoms with E-state index in [-0.39, 0.29) is 11.3 Å². The van der Waals surface area contributed by atoms with Crippen molar-refractivity contribution < 1.29 is 24.1 Å². The summed E-state index contributed by atoms with van der Waals surface area (Å²) < 4.78 is 25.0. The number of phenolic OH excluding ortho intramolecular Hbond substituents is 3. The van der Waals surface area contributed by atoms with Gasteiger partial charge in [0.1, 0.15) is 17.2 Å². The first-order valence-corrected chi connectivity index (χ1v) is 4.55. The second-order valence-corrected chi connectivity index (χ2v) is 3.95. The van der Waals surface area contributed by atoms with Crippen molar-refractivity contribution in [1.29, 1.82) is 0 Å². The van der Waals surface area contributed by atoms with Crippen molar-refractivity contribution in [3.63, 3.8) is 0 Å². The maximum absolute atomic E-state index is 12.5. The molecule has 0 heterocycles. The number of aromatic hydroxyl groups is 3. The molecule has 1 unspecified atom stereocenters. The van der Waals surface area contributed by atoms with E-state index in [1.165, 1.54) is 0 Å². The first kappa shape index (κ1) is 12.5. The number of phenols is 3. The van der Waals surface area contributed by atoms with Crippen LogP contribution in [0.1, 0.15) is 12.5 Å². The van der Waals surface area contributed by atoms with Gasteiger partial charge in [-0.3, -0.25) is 0 Å². The van der Waals surface area contributed by atoms with Gasteiger partial charge in [-0.2, -0.15) is 0 Å². The highest BCUT2D eigenvalue weighted by molar-refractivity contribution is 5.49. The van der Waals surface area contributed by atoms with Crippen LogP contribution in [0.25, 0.3) is 0 Å². The molecular formula is C10H13F2NO3. The SMILES string of the molecule is CC(N)(Cc1c(O)cc(O)cc1O)C(F)F. The van der Waals surface area contributed by atoms with Crippen LogP contribution in [0, 0.1) is 0 Å². The van der Waals surface area contributed by atoms with Crippen LogP contribution >= 0.6 is 0 Å². The first-order valence-electron chi connectivity index (χ1n) is 4.55. The molecule has 1 rings (SSSR count). The van der Waals surface area contributed by atoms with Crippen molar-refractivity contribution in [3.05, 3.63) is 17.7 Å². The zero-order chi connectivity index (χ0) is 12.5. The number of benzene rings is 1. The molecule has 1 aromatic rings. The van der Waals surface area contributed by atoms with Crippen LogP contribution in [0.5, 0.6) is 17.2 Å². The van der Waals surface area contributed by atoms with Gasteiger partial charge in [0.05, 0.1) is 5.54 Å². The Bertz CT molecular complexity index is 371. The van der Waals surface area contributed by atoms with Gasteiger partial charge in [-0.05, 0) is 6.92 Å². The number of hydrogen-bond donors (Lipinski definition) is 4. The number of nitrogens with two attached hydrogens (primary N) is 1. The third-order valence-corrected chi connectivity index (χ3v) is 2.24. The number of halogens is 2. The molecule has 0 aliphatic rings. The lowest BCUT2D eigenvalue weighted by molar-refractivity contribution is 0.0633. The minimum atomic E-state index is -2.79. The maximum atomic E-state index is 12.5. The van der Waals surface area contributed by atoms with Gasteiger partial charge < -0.3 is 21.1 Å². The van der Waals surface area contributed by atoms with Crippen molar-refractivity contribution in [2.24, 2.45) is 5.73 Å². The summed E-state index contributed by atoms with van der Waals surface area (Å²) in [6.07, 6.45) is -3.19. The molecule has 90 valence electrons.